The van der Waals surface area contributed by atoms with Crippen LogP contribution in [0.15, 0.2) is 65.8 Å². The van der Waals surface area contributed by atoms with Crippen LogP contribution in [0.5, 0.6) is 0 Å². The zero-order valence-electron chi connectivity index (χ0n) is 15.3. The Morgan fingerprint density at radius 2 is 1.79 bits per heavy atom. The molecule has 9 nitrogen and oxygen atoms in total. The van der Waals surface area contributed by atoms with E-state index >= 15 is 0 Å². The summed E-state index contributed by atoms with van der Waals surface area (Å²) >= 11 is 0. The molecule has 2 aromatic rings. The molecule has 29 heavy (non-hydrogen) atoms. The summed E-state index contributed by atoms with van der Waals surface area (Å²) in [5.41, 5.74) is 10.0. The topological polar surface area (TPSA) is 123 Å². The number of nitrogens with zero attached hydrogens (tertiary/aromatic N) is 3. The van der Waals surface area contributed by atoms with Gasteiger partial charge in [-0.25, -0.2) is 4.79 Å². The number of rotatable bonds is 4. The van der Waals surface area contributed by atoms with Gasteiger partial charge >= 0.3 is 5.97 Å². The van der Waals surface area contributed by atoms with Crippen LogP contribution in [0.1, 0.15) is 22.2 Å². The van der Waals surface area contributed by atoms with Crippen LogP contribution in [0, 0.1) is 0 Å². The van der Waals surface area contributed by atoms with E-state index in [1.807, 2.05) is 30.3 Å². The molecule has 2 fully saturated rings. The Labute approximate surface area is 166 Å². The number of hydrogen-bond donors (Lipinski definition) is 1. The second-order valence-electron chi connectivity index (χ2n) is 6.68. The van der Waals surface area contributed by atoms with Crippen molar-refractivity contribution in [3.63, 3.8) is 0 Å². The Bertz CT molecular complexity index is 890. The van der Waals surface area contributed by atoms with Crippen molar-refractivity contribution in [2.24, 2.45) is 5.11 Å². The van der Waals surface area contributed by atoms with Gasteiger partial charge in [-0.1, -0.05) is 53.6 Å². The number of benzene rings is 2. The fraction of sp³-hybridized carbons (Fsp3) is 0.350. The summed E-state index contributed by atoms with van der Waals surface area (Å²) in [6.45, 7) is 0.115. The van der Waals surface area contributed by atoms with Gasteiger partial charge in [-0.05, 0) is 17.7 Å². The number of aliphatic hydroxyl groups is 1. The SMILES string of the molecule is [N-]=[N+]=N[C@H]1[C@H](OC(=O)c2ccccc2)O[C@@H]2CO[C@@H](c3ccccc3)O[C@H]2[C@H]1O. The highest BCUT2D eigenvalue weighted by Crippen LogP contribution is 2.35. The smallest absolute Gasteiger partial charge is 0.340 e. The summed E-state index contributed by atoms with van der Waals surface area (Å²) in [7, 11) is 0. The summed E-state index contributed by atoms with van der Waals surface area (Å²) in [4.78, 5) is 15.1. The van der Waals surface area contributed by atoms with E-state index in [9.17, 15) is 9.90 Å². The van der Waals surface area contributed by atoms with Gasteiger partial charge in [-0.2, -0.15) is 0 Å². The molecule has 2 aromatic carbocycles. The fourth-order valence-electron chi connectivity index (χ4n) is 3.38. The lowest BCUT2D eigenvalue weighted by molar-refractivity contribution is -0.334. The van der Waals surface area contributed by atoms with Crippen molar-refractivity contribution >= 4 is 5.97 Å². The zero-order valence-corrected chi connectivity index (χ0v) is 15.3. The Morgan fingerprint density at radius 3 is 2.48 bits per heavy atom. The molecular weight excluding hydrogens is 378 g/mol. The number of hydrogen-bond acceptors (Lipinski definition) is 7. The van der Waals surface area contributed by atoms with Gasteiger partial charge in [-0.3, -0.25) is 0 Å². The first-order chi connectivity index (χ1) is 14.2. The maximum atomic E-state index is 12.4. The molecule has 2 aliphatic heterocycles. The molecule has 2 heterocycles. The summed E-state index contributed by atoms with van der Waals surface area (Å²) in [6.07, 6.45) is -4.70. The van der Waals surface area contributed by atoms with Crippen molar-refractivity contribution < 1.29 is 28.8 Å². The summed E-state index contributed by atoms with van der Waals surface area (Å²) in [6, 6.07) is 16.4. The van der Waals surface area contributed by atoms with Gasteiger partial charge in [0.15, 0.2) is 6.29 Å². The van der Waals surface area contributed by atoms with E-state index in [2.05, 4.69) is 10.0 Å². The van der Waals surface area contributed by atoms with Crippen LogP contribution in [0.2, 0.25) is 0 Å². The molecule has 2 saturated heterocycles. The van der Waals surface area contributed by atoms with E-state index in [4.69, 9.17) is 24.5 Å². The average molecular weight is 397 g/mol. The van der Waals surface area contributed by atoms with Gasteiger partial charge in [0, 0.05) is 10.5 Å². The number of azide groups is 1. The zero-order chi connectivity index (χ0) is 20.2. The van der Waals surface area contributed by atoms with Crippen molar-refractivity contribution in [3.05, 3.63) is 82.2 Å². The highest BCUT2D eigenvalue weighted by Gasteiger charge is 2.50. The Kier molecular flexibility index (Phi) is 5.75. The molecule has 0 spiro atoms. The van der Waals surface area contributed by atoms with Gasteiger partial charge in [0.05, 0.1) is 18.3 Å². The van der Waals surface area contributed by atoms with E-state index in [0.29, 0.717) is 5.56 Å². The molecule has 4 rings (SSSR count). The Balaban J connectivity index is 1.51. The van der Waals surface area contributed by atoms with E-state index in [0.717, 1.165) is 5.56 Å². The number of esters is 1. The largest absolute Gasteiger partial charge is 0.432 e. The number of fused-ring (bicyclic) bond motifs is 1. The first-order valence-corrected chi connectivity index (χ1v) is 9.13. The molecule has 6 atom stereocenters. The van der Waals surface area contributed by atoms with Gasteiger partial charge in [0.25, 0.3) is 0 Å². The van der Waals surface area contributed by atoms with E-state index < -0.39 is 42.9 Å². The molecule has 0 aromatic heterocycles. The van der Waals surface area contributed by atoms with E-state index in [-0.39, 0.29) is 6.61 Å². The summed E-state index contributed by atoms with van der Waals surface area (Å²) in [5, 5.41) is 14.4. The second-order valence-corrected chi connectivity index (χ2v) is 6.68. The van der Waals surface area contributed by atoms with Crippen LogP contribution in [-0.2, 0) is 18.9 Å². The Morgan fingerprint density at radius 1 is 1.10 bits per heavy atom. The lowest BCUT2D eigenvalue weighted by Gasteiger charge is -2.46. The van der Waals surface area contributed by atoms with E-state index in [1.54, 1.807) is 30.3 Å². The third-order valence-electron chi connectivity index (χ3n) is 4.82. The van der Waals surface area contributed by atoms with Crippen LogP contribution in [0.25, 0.3) is 10.4 Å². The number of carbonyl (C=O) groups is 1. The number of aliphatic hydroxyl groups excluding tert-OH is 1. The molecule has 0 aliphatic carbocycles. The van der Waals surface area contributed by atoms with Crippen LogP contribution in [-0.4, -0.2) is 48.3 Å². The normalized spacial score (nSPS) is 31.2. The molecule has 150 valence electrons. The molecule has 0 bridgehead atoms. The van der Waals surface area contributed by atoms with Crippen LogP contribution in [0.3, 0.4) is 0 Å². The molecule has 9 heteroatoms. The molecule has 1 N–H and O–H groups in total. The first-order valence-electron chi connectivity index (χ1n) is 9.13. The van der Waals surface area contributed by atoms with Gasteiger partial charge < -0.3 is 24.1 Å². The summed E-state index contributed by atoms with van der Waals surface area (Å²) < 4.78 is 22.8. The monoisotopic (exact) mass is 397 g/mol. The number of ether oxygens (including phenoxy) is 4. The minimum Gasteiger partial charge on any atom is -0.432 e. The fourth-order valence-corrected chi connectivity index (χ4v) is 3.38. The standard InChI is InChI=1S/C20H19N3O6/c21-23-22-15-16(24)17-14(11-26-19(28-17)13-9-5-2-6-10-13)27-20(15)29-18(25)12-7-3-1-4-8-12/h1-10,14-17,19-20,24H,11H2/t14-,15-,16+,17-,19-,20+/m1/s1. The predicted molar refractivity (Wildman–Crippen MR) is 99.5 cm³/mol. The second kappa shape index (κ2) is 8.60. The van der Waals surface area contributed by atoms with Crippen molar-refractivity contribution in [1.82, 2.24) is 0 Å². The molecule has 0 saturated carbocycles. The predicted octanol–water partition coefficient (Wildman–Crippen LogP) is 2.72. The molecule has 0 unspecified atom stereocenters. The van der Waals surface area contributed by atoms with Crippen molar-refractivity contribution in [2.75, 3.05) is 6.61 Å². The van der Waals surface area contributed by atoms with Crippen LogP contribution in [0.4, 0.5) is 0 Å². The van der Waals surface area contributed by atoms with Crippen molar-refractivity contribution in [1.29, 1.82) is 0 Å². The highest BCUT2D eigenvalue weighted by atomic mass is 16.8. The third-order valence-corrected chi connectivity index (χ3v) is 4.82. The first kappa shape index (κ1) is 19.4. The van der Waals surface area contributed by atoms with Gasteiger partial charge in [0.2, 0.25) is 6.29 Å². The minimum atomic E-state index is -1.27. The lowest BCUT2D eigenvalue weighted by Crippen LogP contribution is -2.61. The van der Waals surface area contributed by atoms with Crippen LogP contribution >= 0.6 is 0 Å². The average Bonchev–Trinajstić information content (AvgIpc) is 2.77. The highest BCUT2D eigenvalue weighted by molar-refractivity contribution is 5.89. The maximum absolute atomic E-state index is 12.4. The minimum absolute atomic E-state index is 0.115. The summed E-state index contributed by atoms with van der Waals surface area (Å²) in [5.74, 6) is -0.654. The van der Waals surface area contributed by atoms with Crippen LogP contribution < -0.4 is 0 Å². The molecule has 2 aliphatic rings. The van der Waals surface area contributed by atoms with Gasteiger partial charge in [0.1, 0.15) is 18.2 Å². The van der Waals surface area contributed by atoms with Gasteiger partial charge in [-0.15, -0.1) is 0 Å². The van der Waals surface area contributed by atoms with Crippen molar-refractivity contribution in [2.45, 2.75) is 36.9 Å². The maximum Gasteiger partial charge on any atom is 0.340 e. The molecular formula is C20H19N3O6. The lowest BCUT2D eigenvalue weighted by atomic mass is 9.96. The quantitative estimate of drug-likeness (QED) is 0.366. The number of carbonyl (C=O) groups excluding carboxylic acids is 1. The van der Waals surface area contributed by atoms with Crippen molar-refractivity contribution in [3.8, 4) is 0 Å². The third kappa shape index (κ3) is 4.09. The van der Waals surface area contributed by atoms with E-state index in [1.165, 1.54) is 0 Å². The molecule has 0 radical (unpaired) electrons. The Hall–Kier alpha value is -2.94. The molecule has 0 amide bonds.